The lowest BCUT2D eigenvalue weighted by atomic mass is 10.1. The maximum atomic E-state index is 12.2. The minimum Gasteiger partial charge on any atom is -0.346 e. The van der Waals surface area contributed by atoms with Crippen molar-refractivity contribution in [2.45, 2.75) is 13.0 Å². The van der Waals surface area contributed by atoms with E-state index in [2.05, 4.69) is 34.0 Å². The Kier molecular flexibility index (Phi) is 5.21. The van der Waals surface area contributed by atoms with Crippen LogP contribution in [0, 0.1) is 14.9 Å². The van der Waals surface area contributed by atoms with E-state index in [0.717, 1.165) is 9.13 Å². The van der Waals surface area contributed by atoms with Crippen LogP contribution >= 0.6 is 34.2 Å². The first-order valence-electron chi connectivity index (χ1n) is 6.27. The van der Waals surface area contributed by atoms with Crippen molar-refractivity contribution in [2.75, 3.05) is 0 Å². The monoisotopic (exact) mass is 410 g/mol. The number of hydrogen-bond acceptors (Lipinski definition) is 2. The Morgan fingerprint density at radius 1 is 1.29 bits per heavy atom. The summed E-state index contributed by atoms with van der Waals surface area (Å²) >= 11 is 8.14. The molecule has 0 radical (unpaired) electrons. The molecule has 0 bridgehead atoms. The van der Waals surface area contributed by atoms with Crippen LogP contribution in [0.1, 0.15) is 34.5 Å². The second-order valence-electron chi connectivity index (χ2n) is 4.56. The van der Waals surface area contributed by atoms with Gasteiger partial charge in [-0.1, -0.05) is 23.7 Å². The number of hydrogen-bond donors (Lipinski definition) is 1. The van der Waals surface area contributed by atoms with Crippen LogP contribution in [0.25, 0.3) is 0 Å². The molecule has 1 unspecified atom stereocenters. The molecule has 21 heavy (non-hydrogen) atoms. The summed E-state index contributed by atoms with van der Waals surface area (Å²) in [5.74, 6) is -0.176. The molecule has 0 saturated heterocycles. The Hall–Kier alpha value is -1.58. The van der Waals surface area contributed by atoms with Gasteiger partial charge in [-0.15, -0.1) is 0 Å². The third-order valence-corrected chi connectivity index (χ3v) is 4.64. The zero-order valence-corrected chi connectivity index (χ0v) is 14.1. The van der Waals surface area contributed by atoms with Crippen LogP contribution in [0.5, 0.6) is 0 Å². The summed E-state index contributed by atoms with van der Waals surface area (Å²) in [4.78, 5) is 12.2. The van der Waals surface area contributed by atoms with Gasteiger partial charge in [0.25, 0.3) is 5.91 Å². The van der Waals surface area contributed by atoms with Gasteiger partial charge in [-0.3, -0.25) is 4.79 Å². The summed E-state index contributed by atoms with van der Waals surface area (Å²) in [7, 11) is 0. The van der Waals surface area contributed by atoms with Gasteiger partial charge in [-0.25, -0.2) is 0 Å². The molecule has 3 nitrogen and oxygen atoms in total. The molecule has 2 aromatic carbocycles. The molecule has 0 aromatic heterocycles. The molecule has 1 amide bonds. The van der Waals surface area contributed by atoms with Crippen molar-refractivity contribution < 1.29 is 4.79 Å². The Balaban J connectivity index is 2.10. The maximum absolute atomic E-state index is 12.2. The van der Waals surface area contributed by atoms with Crippen molar-refractivity contribution in [3.8, 4) is 6.07 Å². The summed E-state index contributed by atoms with van der Waals surface area (Å²) in [6.07, 6.45) is 0. The first kappa shape index (κ1) is 15.8. The van der Waals surface area contributed by atoms with Crippen molar-refractivity contribution in [3.63, 3.8) is 0 Å². The number of benzene rings is 2. The number of carbonyl (C=O) groups excluding carboxylic acids is 1. The van der Waals surface area contributed by atoms with Crippen molar-refractivity contribution in [2.24, 2.45) is 0 Å². The highest BCUT2D eigenvalue weighted by Crippen LogP contribution is 2.20. The van der Waals surface area contributed by atoms with E-state index in [-0.39, 0.29) is 11.9 Å². The van der Waals surface area contributed by atoms with E-state index >= 15 is 0 Å². The third kappa shape index (κ3) is 3.96. The Labute approximate surface area is 142 Å². The molecule has 2 aromatic rings. The zero-order chi connectivity index (χ0) is 15.4. The second-order valence-corrected chi connectivity index (χ2v) is 6.13. The van der Waals surface area contributed by atoms with Crippen molar-refractivity contribution in [3.05, 3.63) is 67.7 Å². The van der Waals surface area contributed by atoms with Gasteiger partial charge in [0, 0.05) is 9.13 Å². The zero-order valence-electron chi connectivity index (χ0n) is 11.2. The molecule has 5 heteroatoms. The molecule has 0 heterocycles. The SMILES string of the molecule is CC(NC(=O)c1ccc(I)c(Cl)c1)c1ccc(C#N)cc1. The highest BCUT2D eigenvalue weighted by Gasteiger charge is 2.12. The number of carbonyl (C=O) groups is 1. The molecule has 0 spiro atoms. The topological polar surface area (TPSA) is 52.9 Å². The maximum Gasteiger partial charge on any atom is 0.251 e. The van der Waals surface area contributed by atoms with Crippen LogP contribution in [0.3, 0.4) is 0 Å². The normalized spacial score (nSPS) is 11.5. The fourth-order valence-electron chi connectivity index (χ4n) is 1.85. The molecular weight excluding hydrogens is 399 g/mol. The smallest absolute Gasteiger partial charge is 0.251 e. The lowest BCUT2D eigenvalue weighted by Crippen LogP contribution is -2.26. The fourth-order valence-corrected chi connectivity index (χ4v) is 2.36. The summed E-state index contributed by atoms with van der Waals surface area (Å²) in [5, 5.41) is 12.3. The average molecular weight is 411 g/mol. The molecule has 106 valence electrons. The second kappa shape index (κ2) is 6.92. The van der Waals surface area contributed by atoms with Crippen LogP contribution < -0.4 is 5.32 Å². The molecule has 1 N–H and O–H groups in total. The van der Waals surface area contributed by atoms with E-state index in [0.29, 0.717) is 16.1 Å². The number of nitriles is 1. The minimum atomic E-state index is -0.176. The highest BCUT2D eigenvalue weighted by atomic mass is 127. The molecule has 0 aliphatic heterocycles. The summed E-state index contributed by atoms with van der Waals surface area (Å²) < 4.78 is 0.908. The predicted octanol–water partition coefficient (Wildman–Crippen LogP) is 4.31. The molecule has 1 atom stereocenters. The number of nitrogens with zero attached hydrogens (tertiary/aromatic N) is 1. The molecule has 0 aliphatic rings. The van der Waals surface area contributed by atoms with Crippen LogP contribution in [0.4, 0.5) is 0 Å². The molecule has 2 rings (SSSR count). The van der Waals surface area contributed by atoms with Crippen molar-refractivity contribution in [1.29, 1.82) is 5.26 Å². The minimum absolute atomic E-state index is 0.150. The molecule has 0 saturated carbocycles. The summed E-state index contributed by atoms with van der Waals surface area (Å²) in [6, 6.07) is 14.3. The molecule has 0 aliphatic carbocycles. The number of halogens is 2. The summed E-state index contributed by atoms with van der Waals surface area (Å²) in [6.45, 7) is 1.90. The third-order valence-electron chi connectivity index (χ3n) is 3.07. The first-order chi connectivity index (χ1) is 10.0. The van der Waals surface area contributed by atoms with E-state index in [4.69, 9.17) is 16.9 Å². The fraction of sp³-hybridized carbons (Fsp3) is 0.125. The average Bonchev–Trinajstić information content (AvgIpc) is 2.50. The van der Waals surface area contributed by atoms with Crippen LogP contribution in [0.2, 0.25) is 5.02 Å². The van der Waals surface area contributed by atoms with Gasteiger partial charge < -0.3 is 5.32 Å². The van der Waals surface area contributed by atoms with Crippen molar-refractivity contribution >= 4 is 40.1 Å². The van der Waals surface area contributed by atoms with Gasteiger partial charge >= 0.3 is 0 Å². The highest BCUT2D eigenvalue weighted by molar-refractivity contribution is 14.1. The van der Waals surface area contributed by atoms with E-state index < -0.39 is 0 Å². The van der Waals surface area contributed by atoms with Gasteiger partial charge in [0.05, 0.1) is 22.7 Å². The Bertz CT molecular complexity index is 707. The van der Waals surface area contributed by atoms with E-state index in [1.165, 1.54) is 0 Å². The Morgan fingerprint density at radius 3 is 2.52 bits per heavy atom. The standard InChI is InChI=1S/C16H12ClIN2O/c1-10(12-4-2-11(9-19)3-5-12)20-16(21)13-6-7-15(18)14(17)8-13/h2-8,10H,1H3,(H,20,21). The van der Waals surface area contributed by atoms with E-state index in [1.54, 1.807) is 24.3 Å². The first-order valence-corrected chi connectivity index (χ1v) is 7.73. The lowest BCUT2D eigenvalue weighted by molar-refractivity contribution is 0.0940. The van der Waals surface area contributed by atoms with Gasteiger partial charge in [0.15, 0.2) is 0 Å². The van der Waals surface area contributed by atoms with Crippen LogP contribution in [-0.2, 0) is 0 Å². The number of amides is 1. The molecule has 0 fully saturated rings. The predicted molar refractivity (Wildman–Crippen MR) is 91.2 cm³/mol. The summed E-state index contributed by atoms with van der Waals surface area (Å²) in [5.41, 5.74) is 2.07. The van der Waals surface area contributed by atoms with Crippen LogP contribution in [-0.4, -0.2) is 5.91 Å². The van der Waals surface area contributed by atoms with E-state index in [9.17, 15) is 4.79 Å². The lowest BCUT2D eigenvalue weighted by Gasteiger charge is -2.14. The van der Waals surface area contributed by atoms with E-state index in [1.807, 2.05) is 25.1 Å². The number of rotatable bonds is 3. The van der Waals surface area contributed by atoms with Crippen molar-refractivity contribution in [1.82, 2.24) is 5.32 Å². The quantitative estimate of drug-likeness (QED) is 0.767. The van der Waals surface area contributed by atoms with Crippen LogP contribution in [0.15, 0.2) is 42.5 Å². The Morgan fingerprint density at radius 2 is 1.95 bits per heavy atom. The van der Waals surface area contributed by atoms with Gasteiger partial charge in [-0.05, 0) is 65.4 Å². The van der Waals surface area contributed by atoms with Gasteiger partial charge in [0.1, 0.15) is 0 Å². The van der Waals surface area contributed by atoms with Gasteiger partial charge in [-0.2, -0.15) is 5.26 Å². The molecular formula is C16H12ClIN2O. The largest absolute Gasteiger partial charge is 0.346 e. The van der Waals surface area contributed by atoms with Gasteiger partial charge in [0.2, 0.25) is 0 Å². The number of nitrogens with one attached hydrogen (secondary N) is 1.